The number of nitrogens with zero attached hydrogens (tertiary/aromatic N) is 3. The summed E-state index contributed by atoms with van der Waals surface area (Å²) in [5, 5.41) is 16.5. The number of hydrogen-bond acceptors (Lipinski definition) is 4. The number of rotatable bonds is 4. The average molecular weight is 260 g/mol. The minimum atomic E-state index is -1.04. The summed E-state index contributed by atoms with van der Waals surface area (Å²) in [6, 6.07) is 3.41. The van der Waals surface area contributed by atoms with Crippen LogP contribution in [0.3, 0.4) is 0 Å². The molecule has 2 rings (SSSR count). The maximum atomic E-state index is 11.1. The second-order valence-electron chi connectivity index (χ2n) is 4.33. The molecule has 0 radical (unpaired) electrons. The Balaban J connectivity index is 2.22. The van der Waals surface area contributed by atoms with Gasteiger partial charge in [0, 0.05) is 31.0 Å². The van der Waals surface area contributed by atoms with E-state index >= 15 is 0 Å². The number of hydrogen-bond donors (Lipinski definition) is 2. The van der Waals surface area contributed by atoms with Crippen LogP contribution in [-0.2, 0) is 13.6 Å². The molecule has 0 atom stereocenters. The summed E-state index contributed by atoms with van der Waals surface area (Å²) in [4.78, 5) is 14.9. The molecule has 0 saturated carbocycles. The first-order valence-electron chi connectivity index (χ1n) is 5.92. The summed E-state index contributed by atoms with van der Waals surface area (Å²) in [5.74, 6) is -1.04. The highest BCUT2D eigenvalue weighted by atomic mass is 16.4. The molecule has 2 aromatic rings. The van der Waals surface area contributed by atoms with Crippen LogP contribution in [0.2, 0.25) is 0 Å². The van der Waals surface area contributed by atoms with Crippen LogP contribution >= 0.6 is 0 Å². The molecule has 2 N–H and O–H groups in total. The quantitative estimate of drug-likeness (QED) is 0.875. The molecule has 0 aliphatic carbocycles. The summed E-state index contributed by atoms with van der Waals surface area (Å²) >= 11 is 0. The first-order valence-corrected chi connectivity index (χ1v) is 5.92. The largest absolute Gasteiger partial charge is 0.476 e. The van der Waals surface area contributed by atoms with E-state index in [1.807, 2.05) is 25.6 Å². The Hall–Kier alpha value is -2.37. The predicted octanol–water partition coefficient (Wildman–Crippen LogP) is 1.74. The highest BCUT2D eigenvalue weighted by Gasteiger charge is 2.13. The molecule has 0 bridgehead atoms. The van der Waals surface area contributed by atoms with Crippen molar-refractivity contribution in [1.29, 1.82) is 0 Å². The highest BCUT2D eigenvalue weighted by Crippen LogP contribution is 2.17. The molecule has 0 unspecified atom stereocenters. The Morgan fingerprint density at radius 3 is 2.79 bits per heavy atom. The van der Waals surface area contributed by atoms with Gasteiger partial charge in [0.2, 0.25) is 0 Å². The van der Waals surface area contributed by atoms with E-state index in [0.717, 1.165) is 17.0 Å². The molecule has 0 aromatic carbocycles. The van der Waals surface area contributed by atoms with Gasteiger partial charge in [-0.3, -0.25) is 4.68 Å². The maximum absolute atomic E-state index is 11.1. The van der Waals surface area contributed by atoms with Gasteiger partial charge in [-0.1, -0.05) is 0 Å². The van der Waals surface area contributed by atoms with E-state index in [1.165, 1.54) is 6.20 Å². The molecule has 6 nitrogen and oxygen atoms in total. The van der Waals surface area contributed by atoms with E-state index in [0.29, 0.717) is 12.2 Å². The minimum Gasteiger partial charge on any atom is -0.476 e. The minimum absolute atomic E-state index is 0.0293. The van der Waals surface area contributed by atoms with Gasteiger partial charge in [0.1, 0.15) is 0 Å². The fourth-order valence-corrected chi connectivity index (χ4v) is 1.98. The van der Waals surface area contributed by atoms with Crippen molar-refractivity contribution in [2.75, 3.05) is 5.32 Å². The van der Waals surface area contributed by atoms with E-state index in [2.05, 4.69) is 15.4 Å². The van der Waals surface area contributed by atoms with E-state index in [-0.39, 0.29) is 5.69 Å². The van der Waals surface area contributed by atoms with Gasteiger partial charge in [-0.05, 0) is 26.0 Å². The highest BCUT2D eigenvalue weighted by molar-refractivity contribution is 5.91. The molecule has 0 fully saturated rings. The van der Waals surface area contributed by atoms with Crippen LogP contribution < -0.4 is 5.32 Å². The first-order chi connectivity index (χ1) is 9.00. The van der Waals surface area contributed by atoms with E-state index in [1.54, 1.807) is 12.1 Å². The fourth-order valence-electron chi connectivity index (χ4n) is 1.98. The molecule has 0 amide bonds. The van der Waals surface area contributed by atoms with Crippen LogP contribution in [0.5, 0.6) is 0 Å². The normalized spacial score (nSPS) is 10.5. The van der Waals surface area contributed by atoms with Gasteiger partial charge in [0.05, 0.1) is 11.4 Å². The van der Waals surface area contributed by atoms with Gasteiger partial charge in [-0.25, -0.2) is 9.78 Å². The second-order valence-corrected chi connectivity index (χ2v) is 4.33. The third-order valence-corrected chi connectivity index (χ3v) is 3.12. The van der Waals surface area contributed by atoms with Gasteiger partial charge in [-0.2, -0.15) is 5.10 Å². The van der Waals surface area contributed by atoms with Crippen molar-refractivity contribution in [2.24, 2.45) is 7.05 Å². The summed E-state index contributed by atoms with van der Waals surface area (Å²) < 4.78 is 1.81. The van der Waals surface area contributed by atoms with E-state index in [9.17, 15) is 4.79 Å². The number of pyridine rings is 1. The van der Waals surface area contributed by atoms with Gasteiger partial charge in [-0.15, -0.1) is 0 Å². The maximum Gasteiger partial charge on any atom is 0.356 e. The zero-order valence-electron chi connectivity index (χ0n) is 11.1. The lowest BCUT2D eigenvalue weighted by atomic mass is 10.2. The van der Waals surface area contributed by atoms with Gasteiger partial charge in [0.15, 0.2) is 5.69 Å². The zero-order chi connectivity index (χ0) is 14.0. The molecular weight excluding hydrogens is 244 g/mol. The van der Waals surface area contributed by atoms with Crippen molar-refractivity contribution in [3.8, 4) is 0 Å². The molecule has 100 valence electrons. The van der Waals surface area contributed by atoms with Gasteiger partial charge >= 0.3 is 5.97 Å². The fraction of sp³-hybridized carbons (Fsp3) is 0.308. The number of anilines is 1. The van der Waals surface area contributed by atoms with Crippen molar-refractivity contribution in [3.05, 3.63) is 41.0 Å². The van der Waals surface area contributed by atoms with E-state index in [4.69, 9.17) is 5.11 Å². The Labute approximate surface area is 111 Å². The van der Waals surface area contributed by atoms with Crippen LogP contribution in [-0.4, -0.2) is 25.8 Å². The molecule has 6 heteroatoms. The molecular formula is C13H16N4O2. The van der Waals surface area contributed by atoms with Crippen molar-refractivity contribution >= 4 is 11.7 Å². The number of aromatic carboxylic acids is 1. The number of nitrogens with one attached hydrogen (secondary N) is 1. The zero-order valence-corrected chi connectivity index (χ0v) is 11.1. The Morgan fingerprint density at radius 1 is 1.47 bits per heavy atom. The van der Waals surface area contributed by atoms with E-state index < -0.39 is 5.97 Å². The summed E-state index contributed by atoms with van der Waals surface area (Å²) in [6.45, 7) is 4.45. The molecule has 0 aliphatic heterocycles. The standard InChI is InChI=1S/C13H16N4O2/c1-8-10(9(2)17(3)16-8)7-15-11-5-4-6-14-12(11)13(18)19/h4-6,15H,7H2,1-3H3,(H,18,19). The Kier molecular flexibility index (Phi) is 3.50. The van der Waals surface area contributed by atoms with Crippen LogP contribution in [0.1, 0.15) is 27.4 Å². The van der Waals surface area contributed by atoms with Crippen molar-refractivity contribution in [1.82, 2.24) is 14.8 Å². The predicted molar refractivity (Wildman–Crippen MR) is 71.2 cm³/mol. The smallest absolute Gasteiger partial charge is 0.356 e. The average Bonchev–Trinajstić information content (AvgIpc) is 2.61. The monoisotopic (exact) mass is 260 g/mol. The van der Waals surface area contributed by atoms with Gasteiger partial charge in [0.25, 0.3) is 0 Å². The lowest BCUT2D eigenvalue weighted by Crippen LogP contribution is -2.09. The van der Waals surface area contributed by atoms with Crippen LogP contribution in [0.15, 0.2) is 18.3 Å². The third kappa shape index (κ3) is 2.57. The van der Waals surface area contributed by atoms with Gasteiger partial charge < -0.3 is 10.4 Å². The third-order valence-electron chi connectivity index (χ3n) is 3.12. The second kappa shape index (κ2) is 5.09. The summed E-state index contributed by atoms with van der Waals surface area (Å²) in [6.07, 6.45) is 1.47. The Morgan fingerprint density at radius 2 is 2.21 bits per heavy atom. The lowest BCUT2D eigenvalue weighted by Gasteiger charge is -2.09. The van der Waals surface area contributed by atoms with Crippen molar-refractivity contribution < 1.29 is 9.90 Å². The number of aryl methyl sites for hydroxylation is 2. The van der Waals surface area contributed by atoms with Crippen LogP contribution in [0.25, 0.3) is 0 Å². The first kappa shape index (κ1) is 13.1. The number of carbonyl (C=O) groups is 1. The molecule has 2 heterocycles. The molecule has 0 aliphatic rings. The number of carboxylic acid groups (broad SMARTS) is 1. The topological polar surface area (TPSA) is 80.0 Å². The SMILES string of the molecule is Cc1nn(C)c(C)c1CNc1cccnc1C(=O)O. The summed E-state index contributed by atoms with van der Waals surface area (Å²) in [5.41, 5.74) is 3.61. The summed E-state index contributed by atoms with van der Waals surface area (Å²) in [7, 11) is 1.89. The molecule has 0 saturated heterocycles. The molecule has 0 spiro atoms. The molecule has 2 aromatic heterocycles. The molecule has 19 heavy (non-hydrogen) atoms. The number of carboxylic acids is 1. The van der Waals surface area contributed by atoms with Crippen molar-refractivity contribution in [3.63, 3.8) is 0 Å². The van der Waals surface area contributed by atoms with Crippen LogP contribution in [0.4, 0.5) is 5.69 Å². The van der Waals surface area contributed by atoms with Crippen LogP contribution in [0, 0.1) is 13.8 Å². The number of aromatic nitrogens is 3. The Bertz CT molecular complexity index is 619. The van der Waals surface area contributed by atoms with Crippen molar-refractivity contribution in [2.45, 2.75) is 20.4 Å². The lowest BCUT2D eigenvalue weighted by molar-refractivity contribution is 0.0691.